The Hall–Kier alpha value is -3.34. The van der Waals surface area contributed by atoms with E-state index in [1.807, 2.05) is 43.3 Å². The molecule has 5 nitrogen and oxygen atoms in total. The Morgan fingerprint density at radius 2 is 1.68 bits per heavy atom. The molecule has 0 aliphatic rings. The summed E-state index contributed by atoms with van der Waals surface area (Å²) >= 11 is 0. The highest BCUT2D eigenvalue weighted by atomic mass is 16.7. The molecule has 0 amide bonds. The summed E-state index contributed by atoms with van der Waals surface area (Å²) < 4.78 is 7.06. The quantitative estimate of drug-likeness (QED) is 0.339. The number of benzene rings is 2. The highest BCUT2D eigenvalue weighted by molar-refractivity contribution is 6.01. The summed E-state index contributed by atoms with van der Waals surface area (Å²) in [6, 6.07) is 22.5. The van der Waals surface area contributed by atoms with Crippen molar-refractivity contribution < 1.29 is 14.4 Å². The number of aromatic nitrogens is 1. The molecule has 144 valence electrons. The molecule has 5 heteroatoms. The fourth-order valence-corrected chi connectivity index (χ4v) is 3.14. The number of ether oxygens (including phenoxy) is 1. The minimum Gasteiger partial charge on any atom is -0.463 e. The van der Waals surface area contributed by atoms with E-state index < -0.39 is 5.97 Å². The fraction of sp³-hybridized carbons (Fsp3) is 0.217. The highest BCUT2D eigenvalue weighted by Crippen LogP contribution is 2.29. The van der Waals surface area contributed by atoms with Crippen LogP contribution in [0, 0.1) is 6.92 Å². The average molecular weight is 376 g/mol. The third kappa shape index (κ3) is 4.31. The van der Waals surface area contributed by atoms with Gasteiger partial charge in [0.25, 0.3) is 0 Å². The van der Waals surface area contributed by atoms with Gasteiger partial charge in [0.15, 0.2) is 0 Å². The standard InChI is InChI=1S/C23H24N2O3/c1-4-27-23(26)16-28-24-17(2)21-15-22(19-11-7-5-8-12-19)25(18(21)3)20-13-9-6-10-14-20/h5-15H,4,16H2,1-3H3/b24-17+. The summed E-state index contributed by atoms with van der Waals surface area (Å²) in [6.07, 6.45) is 0. The minimum absolute atomic E-state index is 0.199. The van der Waals surface area contributed by atoms with Gasteiger partial charge in [-0.2, -0.15) is 0 Å². The van der Waals surface area contributed by atoms with Gasteiger partial charge < -0.3 is 14.1 Å². The van der Waals surface area contributed by atoms with Crippen LogP contribution in [0.15, 0.2) is 71.9 Å². The molecule has 1 aromatic heterocycles. The summed E-state index contributed by atoms with van der Waals surface area (Å²) in [4.78, 5) is 16.6. The summed E-state index contributed by atoms with van der Waals surface area (Å²) in [7, 11) is 0. The van der Waals surface area contributed by atoms with Crippen LogP contribution in [-0.2, 0) is 14.4 Å². The van der Waals surface area contributed by atoms with Gasteiger partial charge >= 0.3 is 5.97 Å². The zero-order valence-corrected chi connectivity index (χ0v) is 16.4. The molecule has 0 bridgehead atoms. The first-order valence-corrected chi connectivity index (χ1v) is 9.27. The Labute approximate surface area is 165 Å². The molecule has 2 aromatic carbocycles. The SMILES string of the molecule is CCOC(=O)CO/N=C(\C)c1cc(-c2ccccc2)n(-c2ccccc2)c1C. The first kappa shape index (κ1) is 19.4. The number of carbonyl (C=O) groups is 1. The summed E-state index contributed by atoms with van der Waals surface area (Å²) in [5.74, 6) is -0.428. The van der Waals surface area contributed by atoms with Crippen molar-refractivity contribution >= 4 is 11.7 Å². The second kappa shape index (κ2) is 9.04. The molecular weight excluding hydrogens is 352 g/mol. The predicted octanol–water partition coefficient (Wildman–Crippen LogP) is 4.76. The molecule has 0 spiro atoms. The summed E-state index contributed by atoms with van der Waals surface area (Å²) in [5, 5.41) is 4.12. The maximum absolute atomic E-state index is 11.4. The first-order valence-electron chi connectivity index (χ1n) is 9.27. The second-order valence-corrected chi connectivity index (χ2v) is 6.32. The molecule has 0 saturated carbocycles. The Kier molecular flexibility index (Phi) is 6.27. The van der Waals surface area contributed by atoms with Gasteiger partial charge in [-0.1, -0.05) is 53.7 Å². The molecule has 0 fully saturated rings. The zero-order chi connectivity index (χ0) is 19.9. The van der Waals surface area contributed by atoms with Crippen LogP contribution in [0.5, 0.6) is 0 Å². The largest absolute Gasteiger partial charge is 0.463 e. The third-order valence-corrected chi connectivity index (χ3v) is 4.41. The van der Waals surface area contributed by atoms with Gasteiger partial charge in [-0.3, -0.25) is 0 Å². The van der Waals surface area contributed by atoms with Crippen LogP contribution in [0.2, 0.25) is 0 Å². The number of para-hydroxylation sites is 1. The Balaban J connectivity index is 1.99. The smallest absolute Gasteiger partial charge is 0.347 e. The normalized spacial score (nSPS) is 11.3. The molecule has 0 radical (unpaired) electrons. The van der Waals surface area contributed by atoms with E-state index in [2.05, 4.69) is 47.0 Å². The lowest BCUT2D eigenvalue weighted by atomic mass is 10.1. The molecule has 28 heavy (non-hydrogen) atoms. The van der Waals surface area contributed by atoms with Crippen LogP contribution >= 0.6 is 0 Å². The molecule has 0 N–H and O–H groups in total. The zero-order valence-electron chi connectivity index (χ0n) is 16.4. The first-order chi connectivity index (χ1) is 13.6. The summed E-state index contributed by atoms with van der Waals surface area (Å²) in [6.45, 7) is 5.81. The Morgan fingerprint density at radius 3 is 2.32 bits per heavy atom. The van der Waals surface area contributed by atoms with Crippen molar-refractivity contribution in [1.82, 2.24) is 4.57 Å². The van der Waals surface area contributed by atoms with Gasteiger partial charge in [-0.15, -0.1) is 0 Å². The topological polar surface area (TPSA) is 52.8 Å². The van der Waals surface area contributed by atoms with Crippen molar-refractivity contribution in [3.63, 3.8) is 0 Å². The monoisotopic (exact) mass is 376 g/mol. The maximum Gasteiger partial charge on any atom is 0.347 e. The molecular formula is C23H24N2O3. The van der Waals surface area contributed by atoms with Crippen molar-refractivity contribution in [2.75, 3.05) is 13.2 Å². The number of esters is 1. The number of hydrogen-bond donors (Lipinski definition) is 0. The lowest BCUT2D eigenvalue weighted by Gasteiger charge is -2.12. The molecule has 3 rings (SSSR count). The lowest BCUT2D eigenvalue weighted by molar-refractivity contribution is -0.148. The predicted molar refractivity (Wildman–Crippen MR) is 111 cm³/mol. The van der Waals surface area contributed by atoms with E-state index in [4.69, 9.17) is 9.57 Å². The van der Waals surface area contributed by atoms with E-state index in [9.17, 15) is 4.79 Å². The number of nitrogens with zero attached hydrogens (tertiary/aromatic N) is 2. The number of hydrogen-bond acceptors (Lipinski definition) is 4. The van der Waals surface area contributed by atoms with Crippen molar-refractivity contribution in [1.29, 1.82) is 0 Å². The minimum atomic E-state index is -0.428. The molecule has 0 aliphatic carbocycles. The molecule has 0 atom stereocenters. The van der Waals surface area contributed by atoms with E-state index in [0.29, 0.717) is 12.3 Å². The van der Waals surface area contributed by atoms with Gasteiger partial charge in [-0.25, -0.2) is 4.79 Å². The molecule has 3 aromatic rings. The highest BCUT2D eigenvalue weighted by Gasteiger charge is 2.17. The van der Waals surface area contributed by atoms with Crippen LogP contribution in [-0.4, -0.2) is 29.5 Å². The van der Waals surface area contributed by atoms with E-state index in [-0.39, 0.29) is 6.61 Å². The van der Waals surface area contributed by atoms with Gasteiger partial charge in [-0.05, 0) is 44.5 Å². The lowest BCUT2D eigenvalue weighted by Crippen LogP contribution is -2.11. The van der Waals surface area contributed by atoms with Gasteiger partial charge in [0.2, 0.25) is 6.61 Å². The van der Waals surface area contributed by atoms with Gasteiger partial charge in [0.05, 0.1) is 18.0 Å². The van der Waals surface area contributed by atoms with Crippen molar-refractivity contribution in [3.05, 3.63) is 78.0 Å². The molecule has 1 heterocycles. The van der Waals surface area contributed by atoms with Crippen LogP contribution < -0.4 is 0 Å². The molecule has 0 aliphatic heterocycles. The summed E-state index contributed by atoms with van der Waals surface area (Å²) in [5.41, 5.74) is 5.97. The molecule has 0 saturated heterocycles. The van der Waals surface area contributed by atoms with Crippen LogP contribution in [0.4, 0.5) is 0 Å². The number of oxime groups is 1. The van der Waals surface area contributed by atoms with Crippen molar-refractivity contribution in [2.24, 2.45) is 5.16 Å². The van der Waals surface area contributed by atoms with Crippen molar-refractivity contribution in [2.45, 2.75) is 20.8 Å². The molecule has 0 unspecified atom stereocenters. The van der Waals surface area contributed by atoms with Crippen LogP contribution in [0.1, 0.15) is 25.1 Å². The van der Waals surface area contributed by atoms with E-state index in [1.54, 1.807) is 6.92 Å². The Morgan fingerprint density at radius 1 is 1.04 bits per heavy atom. The third-order valence-electron chi connectivity index (χ3n) is 4.41. The second-order valence-electron chi connectivity index (χ2n) is 6.32. The average Bonchev–Trinajstić information content (AvgIpc) is 3.06. The van der Waals surface area contributed by atoms with Crippen molar-refractivity contribution in [3.8, 4) is 16.9 Å². The Bertz CT molecular complexity index is 960. The number of rotatable bonds is 7. The fourth-order valence-electron chi connectivity index (χ4n) is 3.14. The maximum atomic E-state index is 11.4. The van der Waals surface area contributed by atoms with Gasteiger partial charge in [0.1, 0.15) is 0 Å². The number of carbonyl (C=O) groups excluding carboxylic acids is 1. The van der Waals surface area contributed by atoms with Gasteiger partial charge in [0, 0.05) is 16.9 Å². The van der Waals surface area contributed by atoms with E-state index >= 15 is 0 Å². The van der Waals surface area contributed by atoms with E-state index in [1.165, 1.54) is 0 Å². The van der Waals surface area contributed by atoms with Crippen LogP contribution in [0.3, 0.4) is 0 Å². The van der Waals surface area contributed by atoms with E-state index in [0.717, 1.165) is 28.2 Å². The van der Waals surface area contributed by atoms with Crippen LogP contribution in [0.25, 0.3) is 16.9 Å².